The Morgan fingerprint density at radius 2 is 1.26 bits per heavy atom. The lowest BCUT2D eigenvalue weighted by Gasteiger charge is -2.32. The summed E-state index contributed by atoms with van der Waals surface area (Å²) in [6.07, 6.45) is 12.8. The van der Waals surface area contributed by atoms with Crippen molar-refractivity contribution in [2.75, 3.05) is 34.2 Å². The zero-order valence-corrected chi connectivity index (χ0v) is 41.0. The van der Waals surface area contributed by atoms with Crippen molar-refractivity contribution < 1.29 is 28.8 Å². The summed E-state index contributed by atoms with van der Waals surface area (Å²) >= 11 is 0. The molecule has 2 saturated heterocycles. The lowest BCUT2D eigenvalue weighted by atomic mass is 9.87. The van der Waals surface area contributed by atoms with Crippen molar-refractivity contribution >= 4 is 35.9 Å². The maximum Gasteiger partial charge on any atom is 0.246 e. The number of carbonyl (C=O) groups excluding carboxylic acids is 6. The standard InChI is InChI=1S/C37H50N6O4.C10H12.C7H12N2O2/c1-24(40-34(44)25(2)38-4)11-8-12-27-18-20-28(21-19-27)23-32(42-35(45)26(3)39-5)37(47)43-22-10-17-33(43)36(46)41-31-16-9-14-29-13-6-7-15-30(29)31;1-2-6-10-8-4-3-7-9(10)5-1;1-8-7(11)6-3-2-4-9(6)5-10/h6-7,13,15,18-21,24-26,31-33,38-39H,9-11,14,16-17,22-23H2,1-5H3,(H,40,44)(H,41,46)(H,42,45);1-2,5-6H,3-4,7-8H2;5-6H,2-4H2,1H3,(H,8,11). The average molecular weight is 931 g/mol. The fourth-order valence-corrected chi connectivity index (χ4v) is 9.16. The van der Waals surface area contributed by atoms with Crippen molar-refractivity contribution in [3.05, 3.63) is 106 Å². The smallest absolute Gasteiger partial charge is 0.246 e. The number of hydrogen-bond acceptors (Lipinski definition) is 8. The van der Waals surface area contributed by atoms with Gasteiger partial charge in [0.1, 0.15) is 18.1 Å². The third-order valence-corrected chi connectivity index (χ3v) is 13.5. The van der Waals surface area contributed by atoms with E-state index >= 15 is 0 Å². The molecule has 6 N–H and O–H groups in total. The second-order valence-corrected chi connectivity index (χ2v) is 18.3. The van der Waals surface area contributed by atoms with Crippen LogP contribution in [0.3, 0.4) is 0 Å². The van der Waals surface area contributed by atoms with Gasteiger partial charge in [0.25, 0.3) is 0 Å². The second-order valence-electron chi connectivity index (χ2n) is 18.3. The van der Waals surface area contributed by atoms with Gasteiger partial charge in [0, 0.05) is 44.6 Å². The molecule has 14 nitrogen and oxygen atoms in total. The van der Waals surface area contributed by atoms with Gasteiger partial charge in [-0.25, -0.2) is 0 Å². The first-order valence-corrected chi connectivity index (χ1v) is 24.6. The van der Waals surface area contributed by atoms with Gasteiger partial charge in [0.2, 0.25) is 35.9 Å². The molecule has 2 fully saturated rings. The molecule has 2 heterocycles. The van der Waals surface area contributed by atoms with Gasteiger partial charge in [-0.1, -0.05) is 72.5 Å². The van der Waals surface area contributed by atoms with Crippen LogP contribution in [0.1, 0.15) is 118 Å². The Kier molecular flexibility index (Phi) is 21.1. The predicted octanol–water partition coefficient (Wildman–Crippen LogP) is 4.28. The van der Waals surface area contributed by atoms with Gasteiger partial charge in [-0.2, -0.15) is 0 Å². The lowest BCUT2D eigenvalue weighted by Crippen LogP contribution is -2.56. The molecule has 2 aliphatic carbocycles. The van der Waals surface area contributed by atoms with E-state index in [-0.39, 0.29) is 60.1 Å². The Bertz CT molecular complexity index is 2200. The third kappa shape index (κ3) is 15.2. The number of benzene rings is 3. The molecular formula is C54H74N8O6. The number of likely N-dealkylation sites (N-methyl/N-ethyl adjacent to an activating group) is 3. The van der Waals surface area contributed by atoms with Crippen molar-refractivity contribution in [1.82, 2.24) is 41.7 Å². The SMILES string of the molecule is CNC(=O)C1CCCN1C=O.CNC(C)C(=O)NC(C)CC#Cc1ccc(CC(NC(=O)C(C)NC)C(=O)N2CCCC2C(=O)NC2CCCc3ccccc32)cc1.c1ccc2c(c1)CCCC2. The van der Waals surface area contributed by atoms with E-state index in [0.717, 1.165) is 61.6 Å². The van der Waals surface area contributed by atoms with Crippen LogP contribution in [-0.2, 0) is 54.5 Å². The minimum atomic E-state index is -0.830. The number of likely N-dealkylation sites (tertiary alicyclic amines) is 2. The average Bonchev–Trinajstić information content (AvgIpc) is 4.07. The topological polar surface area (TPSA) is 181 Å². The van der Waals surface area contributed by atoms with Crippen molar-refractivity contribution in [3.8, 4) is 11.8 Å². The molecule has 0 radical (unpaired) electrons. The van der Waals surface area contributed by atoms with Gasteiger partial charge >= 0.3 is 0 Å². The van der Waals surface area contributed by atoms with E-state index in [1.54, 1.807) is 55.9 Å². The molecule has 68 heavy (non-hydrogen) atoms. The summed E-state index contributed by atoms with van der Waals surface area (Å²) in [5.74, 6) is 5.46. The molecule has 0 bridgehead atoms. The highest BCUT2D eigenvalue weighted by Crippen LogP contribution is 2.30. The van der Waals surface area contributed by atoms with Crippen molar-refractivity contribution in [3.63, 3.8) is 0 Å². The van der Waals surface area contributed by atoms with Gasteiger partial charge < -0.3 is 41.7 Å². The second kappa shape index (κ2) is 27.1. The highest BCUT2D eigenvalue weighted by molar-refractivity contribution is 5.94. The Hall–Kier alpha value is -6.04. The third-order valence-electron chi connectivity index (χ3n) is 13.5. The number of amides is 6. The molecule has 0 saturated carbocycles. The summed E-state index contributed by atoms with van der Waals surface area (Å²) in [5, 5.41) is 17.5. The van der Waals surface area contributed by atoms with Crippen LogP contribution >= 0.6 is 0 Å². The number of rotatable bonds is 14. The summed E-state index contributed by atoms with van der Waals surface area (Å²) < 4.78 is 0. The van der Waals surface area contributed by atoms with Crippen LogP contribution in [0, 0.1) is 11.8 Å². The maximum atomic E-state index is 14.1. The molecule has 7 atom stereocenters. The number of nitrogens with zero attached hydrogens (tertiary/aromatic N) is 2. The van der Waals surface area contributed by atoms with E-state index in [1.165, 1.54) is 31.2 Å². The minimum absolute atomic E-state index is 0.0606. The van der Waals surface area contributed by atoms with Gasteiger partial charge in [0.05, 0.1) is 18.1 Å². The highest BCUT2D eigenvalue weighted by Gasteiger charge is 2.39. The fraction of sp³-hybridized carbons (Fsp3) is 0.519. The molecule has 14 heteroatoms. The van der Waals surface area contributed by atoms with Crippen molar-refractivity contribution in [2.45, 2.75) is 147 Å². The van der Waals surface area contributed by atoms with E-state index in [1.807, 2.05) is 43.3 Å². The molecule has 7 rings (SSSR count). The number of carbonyl (C=O) groups is 6. The molecule has 4 aliphatic rings. The first kappa shape index (κ1) is 52.9. The van der Waals surface area contributed by atoms with E-state index in [4.69, 9.17) is 0 Å². The first-order valence-electron chi connectivity index (χ1n) is 24.6. The summed E-state index contributed by atoms with van der Waals surface area (Å²) in [6.45, 7) is 6.64. The quantitative estimate of drug-likeness (QED) is 0.102. The highest BCUT2D eigenvalue weighted by atomic mass is 16.2. The first-order chi connectivity index (χ1) is 32.9. The van der Waals surface area contributed by atoms with Crippen LogP contribution in [0.2, 0.25) is 0 Å². The molecule has 7 unspecified atom stereocenters. The van der Waals surface area contributed by atoms with Crippen LogP contribution < -0.4 is 31.9 Å². The van der Waals surface area contributed by atoms with E-state index in [9.17, 15) is 28.8 Å². The number of hydrogen-bond donors (Lipinski definition) is 6. The van der Waals surface area contributed by atoms with Crippen LogP contribution in [0.4, 0.5) is 0 Å². The lowest BCUT2D eigenvalue weighted by molar-refractivity contribution is -0.141. The largest absolute Gasteiger partial charge is 0.357 e. The number of fused-ring (bicyclic) bond motifs is 2. The summed E-state index contributed by atoms with van der Waals surface area (Å²) in [4.78, 5) is 77.4. The van der Waals surface area contributed by atoms with Crippen LogP contribution in [0.25, 0.3) is 0 Å². The van der Waals surface area contributed by atoms with Crippen LogP contribution in [0.5, 0.6) is 0 Å². The molecule has 0 aromatic heterocycles. The fourth-order valence-electron chi connectivity index (χ4n) is 9.16. The summed E-state index contributed by atoms with van der Waals surface area (Å²) in [6, 6.07) is 22.1. The Morgan fingerprint density at radius 3 is 1.90 bits per heavy atom. The van der Waals surface area contributed by atoms with Crippen molar-refractivity contribution in [2.24, 2.45) is 0 Å². The summed E-state index contributed by atoms with van der Waals surface area (Å²) in [5.41, 5.74) is 7.25. The molecule has 366 valence electrons. The number of nitrogens with one attached hydrogen (secondary N) is 6. The maximum absolute atomic E-state index is 14.1. The van der Waals surface area contributed by atoms with Crippen LogP contribution in [0.15, 0.2) is 72.8 Å². The minimum Gasteiger partial charge on any atom is -0.357 e. The monoisotopic (exact) mass is 931 g/mol. The van der Waals surface area contributed by atoms with E-state index < -0.39 is 18.1 Å². The predicted molar refractivity (Wildman–Crippen MR) is 266 cm³/mol. The van der Waals surface area contributed by atoms with Gasteiger partial charge in [-0.05, 0) is 145 Å². The van der Waals surface area contributed by atoms with E-state index in [0.29, 0.717) is 25.9 Å². The van der Waals surface area contributed by atoms with Crippen LogP contribution in [-0.4, -0.2) is 116 Å². The Labute approximate surface area is 403 Å². The molecule has 3 aromatic carbocycles. The van der Waals surface area contributed by atoms with Gasteiger partial charge in [-0.3, -0.25) is 28.8 Å². The normalized spacial score (nSPS) is 19.8. The van der Waals surface area contributed by atoms with E-state index in [2.05, 4.69) is 80.1 Å². The van der Waals surface area contributed by atoms with Gasteiger partial charge in [0.15, 0.2) is 0 Å². The molecule has 3 aromatic rings. The molecular weight excluding hydrogens is 857 g/mol. The zero-order valence-electron chi connectivity index (χ0n) is 41.0. The van der Waals surface area contributed by atoms with Crippen molar-refractivity contribution in [1.29, 1.82) is 0 Å². The Morgan fingerprint density at radius 1 is 0.676 bits per heavy atom. The zero-order chi connectivity index (χ0) is 49.0. The summed E-state index contributed by atoms with van der Waals surface area (Å²) in [7, 11) is 5.03. The molecule has 2 aliphatic heterocycles. The molecule has 6 amide bonds. The Balaban J connectivity index is 0.000000332. The van der Waals surface area contributed by atoms with Gasteiger partial charge in [-0.15, -0.1) is 0 Å². The number of aryl methyl sites for hydroxylation is 3. The molecule has 0 spiro atoms.